The highest BCUT2D eigenvalue weighted by atomic mass is 35.5. The number of aromatic nitrogens is 1. The molecule has 1 aromatic carbocycles. The third-order valence-corrected chi connectivity index (χ3v) is 7.01. The Morgan fingerprint density at radius 2 is 1.88 bits per heavy atom. The number of carboxylic acid groups (broad SMARTS) is 1. The Morgan fingerprint density at radius 3 is 2.56 bits per heavy atom. The van der Waals surface area contributed by atoms with Crippen LogP contribution >= 0.6 is 11.6 Å². The average molecular weight is 485 g/mol. The molecule has 2 fully saturated rings. The maximum Gasteiger partial charge on any atom is 0.335 e. The van der Waals surface area contributed by atoms with Crippen LogP contribution in [0.1, 0.15) is 52.9 Å². The van der Waals surface area contributed by atoms with Crippen molar-refractivity contribution in [3.8, 4) is 0 Å². The molecule has 1 aromatic heterocycles. The Morgan fingerprint density at radius 1 is 1.15 bits per heavy atom. The van der Waals surface area contributed by atoms with Crippen molar-refractivity contribution in [1.82, 2.24) is 14.8 Å². The van der Waals surface area contributed by atoms with Crippen molar-refractivity contribution in [3.63, 3.8) is 0 Å². The van der Waals surface area contributed by atoms with Crippen molar-refractivity contribution in [3.05, 3.63) is 57.7 Å². The number of carbonyl (C=O) groups excluding carboxylic acids is 2. The number of likely N-dealkylation sites (tertiary alicyclic amines) is 2. The Bertz CT molecular complexity index is 1110. The number of carboxylic acids is 1. The number of halogens is 1. The molecule has 2 aliphatic rings. The van der Waals surface area contributed by atoms with Gasteiger partial charge >= 0.3 is 5.97 Å². The van der Waals surface area contributed by atoms with Gasteiger partial charge in [0, 0.05) is 42.8 Å². The van der Waals surface area contributed by atoms with Crippen LogP contribution in [0.15, 0.2) is 30.3 Å². The van der Waals surface area contributed by atoms with Crippen molar-refractivity contribution in [2.45, 2.75) is 58.2 Å². The number of hydrogen-bond acceptors (Lipinski definition) is 5. The predicted octanol–water partition coefficient (Wildman–Crippen LogP) is 3.64. The van der Waals surface area contributed by atoms with E-state index in [1.807, 2.05) is 19.1 Å². The summed E-state index contributed by atoms with van der Waals surface area (Å²) >= 11 is 6.13. The molecule has 34 heavy (non-hydrogen) atoms. The maximum atomic E-state index is 13.1. The molecule has 3 heterocycles. The number of anilines is 1. The smallest absolute Gasteiger partial charge is 0.335 e. The number of nitrogens with one attached hydrogen (secondary N) is 1. The third-order valence-electron chi connectivity index (χ3n) is 6.59. The molecule has 1 atom stereocenters. The zero-order valence-corrected chi connectivity index (χ0v) is 20.1. The molecule has 0 spiro atoms. The molecule has 1 unspecified atom stereocenters. The predicted molar refractivity (Wildman–Crippen MR) is 129 cm³/mol. The van der Waals surface area contributed by atoms with Crippen LogP contribution in [0, 0.1) is 13.8 Å². The van der Waals surface area contributed by atoms with Gasteiger partial charge in [-0.1, -0.05) is 23.7 Å². The van der Waals surface area contributed by atoms with E-state index in [0.29, 0.717) is 18.5 Å². The van der Waals surface area contributed by atoms with Gasteiger partial charge in [0.25, 0.3) is 0 Å². The average Bonchev–Trinajstić information content (AvgIpc) is 3.18. The molecule has 0 radical (unpaired) electrons. The summed E-state index contributed by atoms with van der Waals surface area (Å²) in [6, 6.07) is 8.29. The van der Waals surface area contributed by atoms with Crippen molar-refractivity contribution >= 4 is 35.2 Å². The number of carbonyl (C=O) groups is 3. The molecule has 0 saturated carbocycles. The lowest BCUT2D eigenvalue weighted by Gasteiger charge is -2.39. The SMILES string of the molecule is Cc1cc(C(=O)O)cc(NC(=O)C2CCC(=O)N2C2CCN(Cc3ccc(Cl)c(C)c3)CC2)n1. The molecule has 0 aliphatic carbocycles. The van der Waals surface area contributed by atoms with Crippen LogP contribution in [0.2, 0.25) is 5.02 Å². The van der Waals surface area contributed by atoms with E-state index in [4.69, 9.17) is 11.6 Å². The third kappa shape index (κ3) is 5.39. The number of rotatable bonds is 6. The second-order valence-electron chi connectivity index (χ2n) is 9.12. The van der Waals surface area contributed by atoms with Gasteiger partial charge in [-0.25, -0.2) is 9.78 Å². The Kier molecular flexibility index (Phi) is 7.19. The number of aromatic carboxylic acids is 1. The van der Waals surface area contributed by atoms with E-state index in [-0.39, 0.29) is 29.2 Å². The maximum absolute atomic E-state index is 13.1. The molecule has 8 nitrogen and oxygen atoms in total. The van der Waals surface area contributed by atoms with E-state index in [9.17, 15) is 19.5 Å². The fraction of sp³-hybridized carbons (Fsp3) is 0.440. The van der Waals surface area contributed by atoms with Crippen molar-refractivity contribution in [1.29, 1.82) is 0 Å². The van der Waals surface area contributed by atoms with Crippen LogP contribution < -0.4 is 5.32 Å². The lowest BCUT2D eigenvalue weighted by atomic mass is 10.0. The second-order valence-corrected chi connectivity index (χ2v) is 9.53. The first kappa shape index (κ1) is 24.2. The first-order valence-corrected chi connectivity index (χ1v) is 11.9. The highest BCUT2D eigenvalue weighted by Gasteiger charge is 2.41. The number of benzene rings is 1. The van der Waals surface area contributed by atoms with Gasteiger partial charge in [-0.2, -0.15) is 0 Å². The normalized spacial score (nSPS) is 19.4. The summed E-state index contributed by atoms with van der Waals surface area (Å²) in [4.78, 5) is 45.4. The number of aryl methyl sites for hydroxylation is 2. The molecule has 2 aromatic rings. The van der Waals surface area contributed by atoms with E-state index in [0.717, 1.165) is 43.1 Å². The van der Waals surface area contributed by atoms with E-state index >= 15 is 0 Å². The molecule has 2 amide bonds. The molecule has 0 bridgehead atoms. The standard InChI is InChI=1S/C25H29ClN4O4/c1-15-11-17(3-4-20(15)26)14-29-9-7-19(8-10-29)30-21(5-6-23(30)31)24(32)28-22-13-18(25(33)34)12-16(2)27-22/h3-4,11-13,19,21H,5-10,14H2,1-2H3,(H,33,34)(H,27,28,32). The summed E-state index contributed by atoms with van der Waals surface area (Å²) in [5.74, 6) is -1.22. The summed E-state index contributed by atoms with van der Waals surface area (Å²) in [5.41, 5.74) is 2.83. The van der Waals surface area contributed by atoms with Crippen molar-refractivity contribution in [2.24, 2.45) is 0 Å². The van der Waals surface area contributed by atoms with Gasteiger partial charge in [-0.05, 0) is 62.4 Å². The Balaban J connectivity index is 1.39. The van der Waals surface area contributed by atoms with Gasteiger partial charge in [0.05, 0.1) is 5.56 Å². The summed E-state index contributed by atoms with van der Waals surface area (Å²) in [6.07, 6.45) is 2.39. The van der Waals surface area contributed by atoms with E-state index in [2.05, 4.69) is 21.3 Å². The monoisotopic (exact) mass is 484 g/mol. The fourth-order valence-electron chi connectivity index (χ4n) is 4.90. The van der Waals surface area contributed by atoms with Crippen LogP contribution in [0.4, 0.5) is 5.82 Å². The molecular weight excluding hydrogens is 456 g/mol. The van der Waals surface area contributed by atoms with Crippen molar-refractivity contribution in [2.75, 3.05) is 18.4 Å². The Labute approximate surface area is 203 Å². The van der Waals surface area contributed by atoms with Crippen LogP contribution in [0.5, 0.6) is 0 Å². The van der Waals surface area contributed by atoms with Crippen LogP contribution in [-0.4, -0.2) is 62.8 Å². The quantitative estimate of drug-likeness (QED) is 0.648. The summed E-state index contributed by atoms with van der Waals surface area (Å²) in [5, 5.41) is 12.8. The van der Waals surface area contributed by atoms with Crippen molar-refractivity contribution < 1.29 is 19.5 Å². The van der Waals surface area contributed by atoms with Crippen LogP contribution in [0.3, 0.4) is 0 Å². The molecular formula is C25H29ClN4O4. The second kappa shape index (κ2) is 10.1. The molecule has 180 valence electrons. The topological polar surface area (TPSA) is 103 Å². The molecule has 2 N–H and O–H groups in total. The summed E-state index contributed by atoms with van der Waals surface area (Å²) in [7, 11) is 0. The number of pyridine rings is 1. The highest BCUT2D eigenvalue weighted by Crippen LogP contribution is 2.29. The van der Waals surface area contributed by atoms with Gasteiger partial charge in [0.2, 0.25) is 11.8 Å². The summed E-state index contributed by atoms with van der Waals surface area (Å²) < 4.78 is 0. The number of hydrogen-bond donors (Lipinski definition) is 2. The van der Waals surface area contributed by atoms with Crippen LogP contribution in [0.25, 0.3) is 0 Å². The molecule has 2 saturated heterocycles. The zero-order valence-electron chi connectivity index (χ0n) is 19.4. The molecule has 2 aliphatic heterocycles. The lowest BCUT2D eigenvalue weighted by Crippen LogP contribution is -2.51. The molecule has 9 heteroatoms. The lowest BCUT2D eigenvalue weighted by molar-refractivity contribution is -0.136. The minimum Gasteiger partial charge on any atom is -0.478 e. The van der Waals surface area contributed by atoms with Gasteiger partial charge in [-0.15, -0.1) is 0 Å². The van der Waals surface area contributed by atoms with E-state index < -0.39 is 12.0 Å². The molecule has 4 rings (SSSR count). The minimum absolute atomic E-state index is 0.00430. The fourth-order valence-corrected chi connectivity index (χ4v) is 5.02. The van der Waals surface area contributed by atoms with Gasteiger partial charge < -0.3 is 15.3 Å². The minimum atomic E-state index is -1.08. The highest BCUT2D eigenvalue weighted by molar-refractivity contribution is 6.31. The largest absolute Gasteiger partial charge is 0.478 e. The van der Waals surface area contributed by atoms with E-state index in [1.165, 1.54) is 17.7 Å². The number of piperidine rings is 1. The van der Waals surface area contributed by atoms with Gasteiger partial charge in [0.15, 0.2) is 0 Å². The number of nitrogens with zero attached hydrogens (tertiary/aromatic N) is 3. The first-order chi connectivity index (χ1) is 16.2. The van der Waals surface area contributed by atoms with Gasteiger partial charge in [-0.3, -0.25) is 14.5 Å². The van der Waals surface area contributed by atoms with Gasteiger partial charge in [0.1, 0.15) is 11.9 Å². The number of amides is 2. The van der Waals surface area contributed by atoms with Crippen LogP contribution in [-0.2, 0) is 16.1 Å². The van der Waals surface area contributed by atoms with E-state index in [1.54, 1.807) is 11.8 Å². The zero-order chi connectivity index (χ0) is 24.4. The first-order valence-electron chi connectivity index (χ1n) is 11.5. The Hall–Kier alpha value is -2.97. The summed E-state index contributed by atoms with van der Waals surface area (Å²) in [6.45, 7) is 6.18.